The molecule has 34 heavy (non-hydrogen) atoms. The highest BCUT2D eigenvalue weighted by molar-refractivity contribution is 5.97. The second-order valence-electron chi connectivity index (χ2n) is 8.93. The lowest BCUT2D eigenvalue weighted by atomic mass is 10.0. The van der Waals surface area contributed by atoms with Gasteiger partial charge in [0.15, 0.2) is 5.82 Å². The number of carbonyl (C=O) groups excluding carboxylic acids is 2. The van der Waals surface area contributed by atoms with E-state index in [-0.39, 0.29) is 11.4 Å². The van der Waals surface area contributed by atoms with Crippen molar-refractivity contribution in [2.45, 2.75) is 45.0 Å². The Balaban J connectivity index is 1.51. The number of nitrogens with two attached hydrogens (primary N) is 1. The van der Waals surface area contributed by atoms with E-state index < -0.39 is 41.2 Å². The molecule has 180 valence electrons. The lowest BCUT2D eigenvalue weighted by molar-refractivity contribution is -0.137. The quantitative estimate of drug-likeness (QED) is 0.592. The van der Waals surface area contributed by atoms with Gasteiger partial charge in [-0.05, 0) is 45.4 Å². The van der Waals surface area contributed by atoms with Crippen LogP contribution in [0.4, 0.5) is 29.6 Å². The smallest absolute Gasteiger partial charge is 0.419 e. The minimum absolute atomic E-state index is 0.227. The van der Waals surface area contributed by atoms with Crippen LogP contribution in [0.5, 0.6) is 0 Å². The Labute approximate surface area is 192 Å². The number of hydrogen-bond donors (Lipinski definition) is 2. The second-order valence-corrected chi connectivity index (χ2v) is 8.93. The molecule has 0 aromatic carbocycles. The first-order valence-electron chi connectivity index (χ1n) is 10.4. The minimum Gasteiger partial charge on any atom is -0.444 e. The van der Waals surface area contributed by atoms with E-state index in [1.807, 2.05) is 0 Å². The number of halogens is 3. The number of imidazole rings is 1. The summed E-state index contributed by atoms with van der Waals surface area (Å²) in [5.41, 5.74) is 4.84. The number of fused-ring (bicyclic) bond motifs is 1. The maximum atomic E-state index is 13.2. The van der Waals surface area contributed by atoms with Crippen LogP contribution in [0.15, 0.2) is 36.8 Å². The Morgan fingerprint density at radius 3 is 2.53 bits per heavy atom. The molecule has 4 rings (SSSR count). The van der Waals surface area contributed by atoms with Gasteiger partial charge in [-0.25, -0.2) is 14.8 Å². The van der Waals surface area contributed by atoms with Crippen LogP contribution in [0.2, 0.25) is 0 Å². The maximum Gasteiger partial charge on any atom is 0.419 e. The summed E-state index contributed by atoms with van der Waals surface area (Å²) < 4.78 is 46.4. The predicted molar refractivity (Wildman–Crippen MR) is 118 cm³/mol. The molecule has 2 amide bonds. The van der Waals surface area contributed by atoms with Crippen molar-refractivity contribution in [3.8, 4) is 11.1 Å². The monoisotopic (exact) mass is 476 g/mol. The fourth-order valence-electron chi connectivity index (χ4n) is 3.49. The van der Waals surface area contributed by atoms with Gasteiger partial charge < -0.3 is 20.2 Å². The molecule has 1 aliphatic heterocycles. The van der Waals surface area contributed by atoms with Crippen LogP contribution in [0.3, 0.4) is 0 Å². The van der Waals surface area contributed by atoms with Gasteiger partial charge in [0.25, 0.3) is 0 Å². The van der Waals surface area contributed by atoms with Gasteiger partial charge in [-0.1, -0.05) is 0 Å². The standard InChI is InChI=1S/C22H23F3N6O3/c1-21(2,3)34-20(33)31-7-6-15(31)19(32)29-16-11-30-10-12(4-5-17(30)28-16)13-8-14(22(23,24)25)18(26)27-9-13/h4-5,8-11,15H,6-7H2,1-3H3,(H2,26,27)(H,29,32). The first kappa shape index (κ1) is 23.3. The van der Waals surface area contributed by atoms with E-state index in [4.69, 9.17) is 10.5 Å². The summed E-state index contributed by atoms with van der Waals surface area (Å²) in [5.74, 6) is -0.760. The number of pyridine rings is 2. The van der Waals surface area contributed by atoms with Crippen molar-refractivity contribution in [2.75, 3.05) is 17.6 Å². The Kier molecular flexibility index (Phi) is 5.62. The Hall–Kier alpha value is -3.83. The molecule has 0 saturated carbocycles. The molecule has 1 unspecified atom stereocenters. The summed E-state index contributed by atoms with van der Waals surface area (Å²) in [7, 11) is 0. The third-order valence-electron chi connectivity index (χ3n) is 5.21. The SMILES string of the molecule is CC(C)(C)OC(=O)N1CCC1C(=O)Nc1cn2cc(-c3cnc(N)c(C(F)(F)F)c3)ccc2n1. The minimum atomic E-state index is -4.63. The number of anilines is 2. The van der Waals surface area contributed by atoms with Crippen LogP contribution >= 0.6 is 0 Å². The van der Waals surface area contributed by atoms with E-state index in [1.165, 1.54) is 17.3 Å². The molecule has 3 N–H and O–H groups in total. The van der Waals surface area contributed by atoms with Crippen molar-refractivity contribution in [1.82, 2.24) is 19.3 Å². The number of nitrogen functional groups attached to an aromatic ring is 1. The summed E-state index contributed by atoms with van der Waals surface area (Å²) in [4.78, 5) is 34.2. The zero-order valence-electron chi connectivity index (χ0n) is 18.7. The summed E-state index contributed by atoms with van der Waals surface area (Å²) in [6.07, 6.45) is -0.335. The Morgan fingerprint density at radius 2 is 1.91 bits per heavy atom. The largest absolute Gasteiger partial charge is 0.444 e. The lowest BCUT2D eigenvalue weighted by Crippen LogP contribution is -2.57. The molecule has 1 saturated heterocycles. The molecule has 1 aliphatic rings. The lowest BCUT2D eigenvalue weighted by Gasteiger charge is -2.39. The van der Waals surface area contributed by atoms with Gasteiger partial charge in [0.05, 0.1) is 11.8 Å². The van der Waals surface area contributed by atoms with E-state index >= 15 is 0 Å². The molecule has 1 atom stereocenters. The van der Waals surface area contributed by atoms with Gasteiger partial charge in [0.1, 0.15) is 23.1 Å². The third kappa shape index (κ3) is 4.75. The van der Waals surface area contributed by atoms with Crippen LogP contribution in [0.25, 0.3) is 16.8 Å². The number of hydrogen-bond acceptors (Lipinski definition) is 6. The average Bonchev–Trinajstić information content (AvgIpc) is 3.06. The van der Waals surface area contributed by atoms with Crippen molar-refractivity contribution in [1.29, 1.82) is 0 Å². The molecule has 0 spiro atoms. The summed E-state index contributed by atoms with van der Waals surface area (Å²) in [6.45, 7) is 5.65. The Bertz CT molecular complexity index is 1260. The van der Waals surface area contributed by atoms with E-state index in [0.29, 0.717) is 24.2 Å². The predicted octanol–water partition coefficient (Wildman–Crippen LogP) is 3.95. The zero-order chi connectivity index (χ0) is 24.8. The van der Waals surface area contributed by atoms with Crippen molar-refractivity contribution in [3.05, 3.63) is 42.4 Å². The van der Waals surface area contributed by atoms with Crippen molar-refractivity contribution < 1.29 is 27.5 Å². The molecule has 9 nitrogen and oxygen atoms in total. The van der Waals surface area contributed by atoms with Crippen LogP contribution in [0.1, 0.15) is 32.8 Å². The number of amides is 2. The van der Waals surface area contributed by atoms with E-state index in [9.17, 15) is 22.8 Å². The van der Waals surface area contributed by atoms with Gasteiger partial charge in [0, 0.05) is 30.1 Å². The molecule has 0 bridgehead atoms. The molecule has 3 aromatic heterocycles. The number of carbonyl (C=O) groups is 2. The number of rotatable bonds is 3. The molecule has 4 heterocycles. The van der Waals surface area contributed by atoms with Crippen LogP contribution < -0.4 is 11.1 Å². The number of likely N-dealkylation sites (tertiary alicyclic amines) is 1. The number of alkyl halides is 3. The average molecular weight is 476 g/mol. The number of aromatic nitrogens is 3. The van der Waals surface area contributed by atoms with Crippen molar-refractivity contribution in [2.24, 2.45) is 0 Å². The van der Waals surface area contributed by atoms with E-state index in [1.54, 1.807) is 43.5 Å². The maximum absolute atomic E-state index is 13.2. The third-order valence-corrected chi connectivity index (χ3v) is 5.21. The van der Waals surface area contributed by atoms with Crippen molar-refractivity contribution in [3.63, 3.8) is 0 Å². The highest BCUT2D eigenvalue weighted by atomic mass is 19.4. The number of ether oxygens (including phenoxy) is 1. The zero-order valence-corrected chi connectivity index (χ0v) is 18.7. The fraction of sp³-hybridized carbons (Fsp3) is 0.364. The highest BCUT2D eigenvalue weighted by Gasteiger charge is 2.40. The molecule has 12 heteroatoms. The summed E-state index contributed by atoms with van der Waals surface area (Å²) in [6, 6.07) is 3.46. The van der Waals surface area contributed by atoms with Crippen molar-refractivity contribution >= 4 is 29.3 Å². The highest BCUT2D eigenvalue weighted by Crippen LogP contribution is 2.35. The van der Waals surface area contributed by atoms with Crippen LogP contribution in [-0.4, -0.2) is 49.5 Å². The fourth-order valence-corrected chi connectivity index (χ4v) is 3.49. The second kappa shape index (κ2) is 8.19. The van der Waals surface area contributed by atoms with E-state index in [2.05, 4.69) is 15.3 Å². The first-order chi connectivity index (χ1) is 15.8. The Morgan fingerprint density at radius 1 is 1.18 bits per heavy atom. The van der Waals surface area contributed by atoms with Gasteiger partial charge in [0.2, 0.25) is 5.91 Å². The van der Waals surface area contributed by atoms with Gasteiger partial charge >= 0.3 is 12.3 Å². The molecule has 0 radical (unpaired) electrons. The molecule has 1 fully saturated rings. The van der Waals surface area contributed by atoms with Gasteiger partial charge in [-0.2, -0.15) is 13.2 Å². The summed E-state index contributed by atoms with van der Waals surface area (Å²) >= 11 is 0. The van der Waals surface area contributed by atoms with E-state index in [0.717, 1.165) is 6.07 Å². The topological polar surface area (TPSA) is 115 Å². The number of nitrogens with zero attached hydrogens (tertiary/aromatic N) is 4. The van der Waals surface area contributed by atoms with Crippen LogP contribution in [-0.2, 0) is 15.7 Å². The van der Waals surface area contributed by atoms with Crippen LogP contribution in [0, 0.1) is 0 Å². The normalized spacial score (nSPS) is 16.3. The molecule has 0 aliphatic carbocycles. The first-order valence-corrected chi connectivity index (χ1v) is 10.4. The molecular weight excluding hydrogens is 453 g/mol. The number of nitrogens with one attached hydrogen (secondary N) is 1. The molecule has 3 aromatic rings. The van der Waals surface area contributed by atoms with Gasteiger partial charge in [-0.15, -0.1) is 0 Å². The van der Waals surface area contributed by atoms with Gasteiger partial charge in [-0.3, -0.25) is 9.69 Å². The molecular formula is C22H23F3N6O3. The summed E-state index contributed by atoms with van der Waals surface area (Å²) in [5, 5.41) is 2.68.